The molecular weight excluding hydrogens is 260 g/mol. The molecule has 0 saturated heterocycles. The van der Waals surface area contributed by atoms with E-state index >= 15 is 0 Å². The van der Waals surface area contributed by atoms with Gasteiger partial charge in [-0.15, -0.1) is 0 Å². The van der Waals surface area contributed by atoms with Gasteiger partial charge in [-0.2, -0.15) is 0 Å². The molecule has 21 heavy (non-hydrogen) atoms. The maximum atomic E-state index is 12.2. The molecule has 2 heterocycles. The van der Waals surface area contributed by atoms with Gasteiger partial charge in [-0.3, -0.25) is 4.79 Å². The first kappa shape index (κ1) is 12.3. The third kappa shape index (κ3) is 1.88. The quantitative estimate of drug-likeness (QED) is 0.673. The van der Waals surface area contributed by atoms with Crippen LogP contribution < -0.4 is 0 Å². The van der Waals surface area contributed by atoms with Gasteiger partial charge in [0.25, 0.3) is 0 Å². The first-order chi connectivity index (χ1) is 10.2. The second-order valence-corrected chi connectivity index (χ2v) is 5.65. The van der Waals surface area contributed by atoms with Crippen LogP contribution in [0, 0.1) is 6.92 Å². The lowest BCUT2D eigenvalue weighted by Crippen LogP contribution is -1.99. The molecule has 0 fully saturated rings. The summed E-state index contributed by atoms with van der Waals surface area (Å²) in [5.74, 6) is 1.20. The minimum atomic E-state index is 0.231. The molecule has 3 aromatic rings. The number of imidazole rings is 1. The van der Waals surface area contributed by atoms with Gasteiger partial charge in [0.05, 0.1) is 11.0 Å². The number of hydrogen-bond donors (Lipinski definition) is 0. The number of carbonyl (C=O) groups is 1. The fraction of sp³-hybridized carbons (Fsp3) is 0.222. The molecule has 2 aromatic carbocycles. The van der Waals surface area contributed by atoms with Crippen molar-refractivity contribution in [2.24, 2.45) is 0 Å². The number of hydrogen-bond acceptors (Lipinski definition) is 2. The van der Waals surface area contributed by atoms with Crippen molar-refractivity contribution in [3.05, 3.63) is 53.6 Å². The fourth-order valence-corrected chi connectivity index (χ4v) is 3.08. The summed E-state index contributed by atoms with van der Waals surface area (Å²) < 4.78 is 2.21. The van der Waals surface area contributed by atoms with Gasteiger partial charge in [0.15, 0.2) is 5.78 Å². The lowest BCUT2D eigenvalue weighted by atomic mass is 10.1. The van der Waals surface area contributed by atoms with E-state index in [1.54, 1.807) is 0 Å². The second kappa shape index (κ2) is 4.55. The van der Waals surface area contributed by atoms with E-state index in [0.29, 0.717) is 6.42 Å². The van der Waals surface area contributed by atoms with Crippen molar-refractivity contribution in [2.45, 2.75) is 26.3 Å². The molecule has 104 valence electrons. The molecule has 1 aliphatic heterocycles. The highest BCUT2D eigenvalue weighted by molar-refractivity contribution is 6.07. The molecule has 0 bridgehead atoms. The Balaban J connectivity index is 2.02. The largest absolute Gasteiger partial charge is 0.323 e. The normalized spacial score (nSPS) is 14.4. The molecule has 0 N–H and O–H groups in total. The van der Waals surface area contributed by atoms with E-state index in [0.717, 1.165) is 41.0 Å². The van der Waals surface area contributed by atoms with Gasteiger partial charge in [0, 0.05) is 24.1 Å². The predicted molar refractivity (Wildman–Crippen MR) is 83.5 cm³/mol. The van der Waals surface area contributed by atoms with Crippen LogP contribution in [0.4, 0.5) is 0 Å². The summed E-state index contributed by atoms with van der Waals surface area (Å²) in [7, 11) is 0. The average Bonchev–Trinajstić information content (AvgIpc) is 2.77. The van der Waals surface area contributed by atoms with E-state index in [-0.39, 0.29) is 5.78 Å². The highest BCUT2D eigenvalue weighted by Gasteiger charge is 2.21. The zero-order chi connectivity index (χ0) is 14.4. The lowest BCUT2D eigenvalue weighted by Gasteiger charge is -2.07. The summed E-state index contributed by atoms with van der Waals surface area (Å²) in [6.45, 7) is 2.93. The zero-order valence-corrected chi connectivity index (χ0v) is 12.0. The van der Waals surface area contributed by atoms with Gasteiger partial charge >= 0.3 is 0 Å². The Kier molecular flexibility index (Phi) is 2.67. The standard InChI is InChI=1S/C18H16N2O/c1-12-7-9-13(10-8-12)18-19-15-5-2-4-14-16(21)6-3-11-20(18)17(14)15/h2,4-5,7-10H,3,6,11H2,1H3. The topological polar surface area (TPSA) is 34.9 Å². The molecule has 0 radical (unpaired) electrons. The first-order valence-electron chi connectivity index (χ1n) is 7.33. The average molecular weight is 276 g/mol. The smallest absolute Gasteiger partial charge is 0.165 e. The molecule has 0 aliphatic carbocycles. The number of para-hydroxylation sites is 1. The van der Waals surface area contributed by atoms with Crippen molar-refractivity contribution in [3.63, 3.8) is 0 Å². The fourth-order valence-electron chi connectivity index (χ4n) is 3.08. The van der Waals surface area contributed by atoms with Gasteiger partial charge in [-0.1, -0.05) is 35.9 Å². The van der Waals surface area contributed by atoms with Gasteiger partial charge in [0.2, 0.25) is 0 Å². The summed E-state index contributed by atoms with van der Waals surface area (Å²) in [6, 6.07) is 14.3. The minimum Gasteiger partial charge on any atom is -0.323 e. The summed E-state index contributed by atoms with van der Waals surface area (Å²) in [6.07, 6.45) is 1.49. The Morgan fingerprint density at radius 2 is 1.90 bits per heavy atom. The van der Waals surface area contributed by atoms with Gasteiger partial charge in [-0.25, -0.2) is 4.98 Å². The molecule has 0 unspecified atom stereocenters. The Bertz CT molecular complexity index is 844. The summed E-state index contributed by atoms with van der Waals surface area (Å²) in [5, 5.41) is 0. The number of Topliss-reactive ketones (excluding diaryl/α,β-unsaturated/α-hetero) is 1. The number of benzene rings is 2. The molecule has 3 heteroatoms. The molecule has 3 nitrogen and oxygen atoms in total. The van der Waals surface area contributed by atoms with E-state index in [4.69, 9.17) is 4.98 Å². The molecule has 0 amide bonds. The molecule has 0 saturated carbocycles. The van der Waals surface area contributed by atoms with Crippen LogP contribution in [-0.4, -0.2) is 15.3 Å². The number of nitrogens with zero attached hydrogens (tertiary/aromatic N) is 2. The van der Waals surface area contributed by atoms with E-state index < -0.39 is 0 Å². The Morgan fingerprint density at radius 1 is 1.10 bits per heavy atom. The van der Waals surface area contributed by atoms with Crippen LogP contribution >= 0.6 is 0 Å². The number of rotatable bonds is 1. The number of ketones is 1. The summed E-state index contributed by atoms with van der Waals surface area (Å²) in [5.41, 5.74) is 5.07. The molecule has 1 aromatic heterocycles. The van der Waals surface area contributed by atoms with Crippen LogP contribution in [0.15, 0.2) is 42.5 Å². The van der Waals surface area contributed by atoms with Crippen LogP contribution in [0.3, 0.4) is 0 Å². The maximum Gasteiger partial charge on any atom is 0.165 e. The first-order valence-corrected chi connectivity index (χ1v) is 7.33. The van der Waals surface area contributed by atoms with Crippen molar-refractivity contribution in [2.75, 3.05) is 0 Å². The SMILES string of the molecule is Cc1ccc(-c2nc3cccc4c3n2CCCC4=O)cc1. The molecular formula is C18H16N2O. The second-order valence-electron chi connectivity index (χ2n) is 5.65. The van der Waals surface area contributed by atoms with Crippen LogP contribution in [0.25, 0.3) is 22.4 Å². The Hall–Kier alpha value is -2.42. The number of carbonyl (C=O) groups excluding carboxylic acids is 1. The van der Waals surface area contributed by atoms with Crippen molar-refractivity contribution in [1.82, 2.24) is 9.55 Å². The highest BCUT2D eigenvalue weighted by atomic mass is 16.1. The van der Waals surface area contributed by atoms with Crippen LogP contribution in [0.2, 0.25) is 0 Å². The molecule has 0 spiro atoms. The van der Waals surface area contributed by atoms with Crippen molar-refractivity contribution in [3.8, 4) is 11.4 Å². The zero-order valence-electron chi connectivity index (χ0n) is 12.0. The number of aryl methyl sites for hydroxylation is 2. The van der Waals surface area contributed by atoms with E-state index in [9.17, 15) is 4.79 Å². The maximum absolute atomic E-state index is 12.2. The third-order valence-corrected chi connectivity index (χ3v) is 4.16. The van der Waals surface area contributed by atoms with Crippen molar-refractivity contribution < 1.29 is 4.79 Å². The molecule has 0 atom stereocenters. The van der Waals surface area contributed by atoms with Crippen molar-refractivity contribution >= 4 is 16.8 Å². The van der Waals surface area contributed by atoms with Crippen LogP contribution in [0.1, 0.15) is 28.8 Å². The van der Waals surface area contributed by atoms with Gasteiger partial charge < -0.3 is 4.57 Å². The van der Waals surface area contributed by atoms with E-state index in [2.05, 4.69) is 35.8 Å². The molecule has 4 rings (SSSR count). The third-order valence-electron chi connectivity index (χ3n) is 4.16. The minimum absolute atomic E-state index is 0.231. The monoisotopic (exact) mass is 276 g/mol. The predicted octanol–water partition coefficient (Wildman–Crippen LogP) is 3.99. The lowest BCUT2D eigenvalue weighted by molar-refractivity contribution is 0.0982. The number of aromatic nitrogens is 2. The highest BCUT2D eigenvalue weighted by Crippen LogP contribution is 2.30. The summed E-state index contributed by atoms with van der Waals surface area (Å²) >= 11 is 0. The Morgan fingerprint density at radius 3 is 2.71 bits per heavy atom. The van der Waals surface area contributed by atoms with Crippen LogP contribution in [-0.2, 0) is 6.54 Å². The Labute approximate surface area is 123 Å². The van der Waals surface area contributed by atoms with E-state index in [1.807, 2.05) is 18.2 Å². The summed E-state index contributed by atoms with van der Waals surface area (Å²) in [4.78, 5) is 17.0. The molecule has 1 aliphatic rings. The van der Waals surface area contributed by atoms with Crippen LogP contribution in [0.5, 0.6) is 0 Å². The van der Waals surface area contributed by atoms with Crippen molar-refractivity contribution in [1.29, 1.82) is 0 Å². The van der Waals surface area contributed by atoms with Gasteiger partial charge in [0.1, 0.15) is 5.82 Å². The van der Waals surface area contributed by atoms with Gasteiger partial charge in [-0.05, 0) is 25.5 Å². The van der Waals surface area contributed by atoms with E-state index in [1.165, 1.54) is 5.56 Å².